The van der Waals surface area contributed by atoms with Gasteiger partial charge in [-0.25, -0.2) is 8.42 Å². The van der Waals surface area contributed by atoms with Gasteiger partial charge >= 0.3 is 0 Å². The maximum Gasteiger partial charge on any atom is 0.255 e. The van der Waals surface area contributed by atoms with Crippen LogP contribution in [0.4, 0.5) is 5.69 Å². The summed E-state index contributed by atoms with van der Waals surface area (Å²) in [4.78, 5) is 25.2. The normalized spacial score (nSPS) is 14.6. The maximum absolute atomic E-state index is 13.0. The minimum absolute atomic E-state index is 0.0725. The molecule has 9 heteroatoms. The molecule has 0 radical (unpaired) electrons. The zero-order valence-corrected chi connectivity index (χ0v) is 19.1. The molecule has 1 N–H and O–H groups in total. The van der Waals surface area contributed by atoms with E-state index in [4.69, 9.17) is 16.3 Å². The van der Waals surface area contributed by atoms with Crippen molar-refractivity contribution < 1.29 is 22.7 Å². The van der Waals surface area contributed by atoms with Gasteiger partial charge in [-0.3, -0.25) is 9.59 Å². The number of ketones is 1. The van der Waals surface area contributed by atoms with Gasteiger partial charge in [0.05, 0.1) is 18.2 Å². The van der Waals surface area contributed by atoms with E-state index in [1.807, 2.05) is 6.07 Å². The van der Waals surface area contributed by atoms with E-state index in [-0.39, 0.29) is 28.8 Å². The average molecular weight is 485 g/mol. The van der Waals surface area contributed by atoms with E-state index >= 15 is 0 Å². The van der Waals surface area contributed by atoms with Gasteiger partial charge in [-0.2, -0.15) is 4.31 Å². The van der Waals surface area contributed by atoms with Crippen molar-refractivity contribution in [2.75, 3.05) is 31.6 Å². The number of rotatable bonds is 6. The Balaban J connectivity index is 1.51. The van der Waals surface area contributed by atoms with Crippen molar-refractivity contribution in [2.45, 2.75) is 4.90 Å². The SMILES string of the molecule is O=C(Nc1ccc(Cl)c(S(=O)(=O)N2CCOCC2)c1)c1ccc(C(=O)c2ccccc2)cc1. The molecule has 33 heavy (non-hydrogen) atoms. The summed E-state index contributed by atoms with van der Waals surface area (Å²) in [5, 5.41) is 2.76. The first kappa shape index (κ1) is 23.1. The fraction of sp³-hybridized carbons (Fsp3) is 0.167. The topological polar surface area (TPSA) is 92.8 Å². The number of carbonyl (C=O) groups excluding carboxylic acids is 2. The Bertz CT molecular complexity index is 1270. The standard InChI is InChI=1S/C24H21ClN2O5S/c25-21-11-10-20(16-22(21)33(30,31)27-12-14-32-15-13-27)26-24(29)19-8-6-18(7-9-19)23(28)17-4-2-1-3-5-17/h1-11,16H,12-15H2,(H,26,29). The first-order valence-electron chi connectivity index (χ1n) is 10.2. The van der Waals surface area contributed by atoms with Gasteiger partial charge in [-0.05, 0) is 30.3 Å². The Kier molecular flexibility index (Phi) is 6.90. The molecular weight excluding hydrogens is 464 g/mol. The van der Waals surface area contributed by atoms with Crippen LogP contribution in [0.5, 0.6) is 0 Å². The number of morpholine rings is 1. The van der Waals surface area contributed by atoms with Crippen LogP contribution in [0.3, 0.4) is 0 Å². The van der Waals surface area contributed by atoms with Crippen LogP contribution in [0.25, 0.3) is 0 Å². The maximum atomic E-state index is 13.0. The zero-order valence-electron chi connectivity index (χ0n) is 17.5. The lowest BCUT2D eigenvalue weighted by molar-refractivity contribution is 0.0730. The molecule has 0 aromatic heterocycles. The molecule has 7 nitrogen and oxygen atoms in total. The monoisotopic (exact) mass is 484 g/mol. The number of sulfonamides is 1. The fourth-order valence-electron chi connectivity index (χ4n) is 3.44. The summed E-state index contributed by atoms with van der Waals surface area (Å²) < 4.78 is 32.5. The lowest BCUT2D eigenvalue weighted by Crippen LogP contribution is -2.40. The Morgan fingerprint density at radius 1 is 0.848 bits per heavy atom. The van der Waals surface area contributed by atoms with Gasteiger partial charge in [0.25, 0.3) is 5.91 Å². The molecule has 1 aliphatic heterocycles. The van der Waals surface area contributed by atoms with Crippen LogP contribution in [0.2, 0.25) is 5.02 Å². The molecule has 1 amide bonds. The van der Waals surface area contributed by atoms with E-state index < -0.39 is 15.9 Å². The Hall–Kier alpha value is -3.04. The van der Waals surface area contributed by atoms with Crippen LogP contribution in [0.15, 0.2) is 77.7 Å². The lowest BCUT2D eigenvalue weighted by atomic mass is 10.0. The first-order valence-corrected chi connectivity index (χ1v) is 12.1. The number of halogens is 1. The van der Waals surface area contributed by atoms with Gasteiger partial charge in [0.15, 0.2) is 5.78 Å². The van der Waals surface area contributed by atoms with Crippen molar-refractivity contribution in [3.63, 3.8) is 0 Å². The van der Waals surface area contributed by atoms with Gasteiger partial charge < -0.3 is 10.1 Å². The van der Waals surface area contributed by atoms with Crippen molar-refractivity contribution in [1.82, 2.24) is 4.31 Å². The fourth-order valence-corrected chi connectivity index (χ4v) is 5.35. The molecule has 3 aromatic rings. The quantitative estimate of drug-likeness (QED) is 0.536. The Morgan fingerprint density at radius 2 is 1.45 bits per heavy atom. The second-order valence-corrected chi connectivity index (χ2v) is 9.70. The number of nitrogens with one attached hydrogen (secondary N) is 1. The van der Waals surface area contributed by atoms with Crippen LogP contribution < -0.4 is 5.32 Å². The van der Waals surface area contributed by atoms with Gasteiger partial charge in [-0.1, -0.05) is 54.1 Å². The summed E-state index contributed by atoms with van der Waals surface area (Å²) in [7, 11) is -3.82. The molecule has 0 atom stereocenters. The van der Waals surface area contributed by atoms with Crippen molar-refractivity contribution in [2.24, 2.45) is 0 Å². The second kappa shape index (κ2) is 9.84. The smallest absolute Gasteiger partial charge is 0.255 e. The molecule has 1 aliphatic rings. The highest BCUT2D eigenvalue weighted by atomic mass is 35.5. The van der Waals surface area contributed by atoms with Gasteiger partial charge in [0, 0.05) is 35.5 Å². The zero-order chi connectivity index (χ0) is 23.4. The molecule has 0 unspecified atom stereocenters. The minimum atomic E-state index is -3.82. The second-order valence-electron chi connectivity index (χ2n) is 7.39. The van der Waals surface area contributed by atoms with Crippen LogP contribution in [-0.2, 0) is 14.8 Å². The molecule has 0 aliphatic carbocycles. The molecule has 1 heterocycles. The molecule has 1 fully saturated rings. The number of anilines is 1. The highest BCUT2D eigenvalue weighted by Gasteiger charge is 2.28. The molecule has 0 saturated carbocycles. The molecule has 170 valence electrons. The van der Waals surface area contributed by atoms with Crippen LogP contribution in [-0.4, -0.2) is 50.7 Å². The third kappa shape index (κ3) is 5.15. The summed E-state index contributed by atoms with van der Waals surface area (Å²) in [6.45, 7) is 1.11. The average Bonchev–Trinajstić information content (AvgIpc) is 2.86. The van der Waals surface area contributed by atoms with E-state index in [0.717, 1.165) is 0 Å². The molecule has 1 saturated heterocycles. The van der Waals surface area contributed by atoms with Gasteiger partial charge in [0.1, 0.15) is 4.90 Å². The molecule has 3 aromatic carbocycles. The highest BCUT2D eigenvalue weighted by Crippen LogP contribution is 2.28. The van der Waals surface area contributed by atoms with Gasteiger partial charge in [0.2, 0.25) is 10.0 Å². The van der Waals surface area contributed by atoms with E-state index in [1.165, 1.54) is 22.5 Å². The Labute approximate surface area is 197 Å². The van der Waals surface area contributed by atoms with Crippen molar-refractivity contribution >= 4 is 39.0 Å². The van der Waals surface area contributed by atoms with Crippen molar-refractivity contribution in [3.8, 4) is 0 Å². The van der Waals surface area contributed by atoms with Crippen molar-refractivity contribution in [1.29, 1.82) is 0 Å². The summed E-state index contributed by atoms with van der Waals surface area (Å²) in [5.41, 5.74) is 1.64. The van der Waals surface area contributed by atoms with E-state index in [0.29, 0.717) is 35.6 Å². The van der Waals surface area contributed by atoms with E-state index in [9.17, 15) is 18.0 Å². The first-order chi connectivity index (χ1) is 15.9. The third-order valence-corrected chi connectivity index (χ3v) is 7.60. The van der Waals surface area contributed by atoms with E-state index in [2.05, 4.69) is 5.32 Å². The number of amides is 1. The summed E-state index contributed by atoms with van der Waals surface area (Å²) in [6, 6.07) is 19.4. The summed E-state index contributed by atoms with van der Waals surface area (Å²) in [5.74, 6) is -0.580. The molecule has 0 bridgehead atoms. The number of hydrogen-bond donors (Lipinski definition) is 1. The lowest BCUT2D eigenvalue weighted by Gasteiger charge is -2.26. The molecular formula is C24H21ClN2O5S. The van der Waals surface area contributed by atoms with Crippen molar-refractivity contribution in [3.05, 3.63) is 94.5 Å². The summed E-state index contributed by atoms with van der Waals surface area (Å²) in [6.07, 6.45) is 0. The number of benzene rings is 3. The predicted octanol–water partition coefficient (Wildman–Crippen LogP) is 3.84. The third-order valence-electron chi connectivity index (χ3n) is 5.22. The van der Waals surface area contributed by atoms with Crippen LogP contribution in [0, 0.1) is 0 Å². The number of nitrogens with zero attached hydrogens (tertiary/aromatic N) is 1. The number of carbonyl (C=O) groups is 2. The number of hydrogen-bond acceptors (Lipinski definition) is 5. The predicted molar refractivity (Wildman–Crippen MR) is 125 cm³/mol. The summed E-state index contributed by atoms with van der Waals surface area (Å²) >= 11 is 6.17. The van der Waals surface area contributed by atoms with Gasteiger partial charge in [-0.15, -0.1) is 0 Å². The van der Waals surface area contributed by atoms with E-state index in [1.54, 1.807) is 48.5 Å². The highest BCUT2D eigenvalue weighted by molar-refractivity contribution is 7.89. The molecule has 4 rings (SSSR count). The van der Waals surface area contributed by atoms with Crippen LogP contribution >= 0.6 is 11.6 Å². The largest absolute Gasteiger partial charge is 0.379 e. The molecule has 0 spiro atoms. The minimum Gasteiger partial charge on any atom is -0.379 e. The van der Waals surface area contributed by atoms with Crippen LogP contribution in [0.1, 0.15) is 26.3 Å². The number of ether oxygens (including phenoxy) is 1. The Morgan fingerprint density at radius 3 is 2.12 bits per heavy atom.